The number of carbonyl (C=O) groups excluding carboxylic acids is 2. The zero-order valence-electron chi connectivity index (χ0n) is 14.1. The Morgan fingerprint density at radius 3 is 2.07 bits per heavy atom. The molecule has 27 heavy (non-hydrogen) atoms. The van der Waals surface area contributed by atoms with E-state index in [0.717, 1.165) is 9.80 Å². The van der Waals surface area contributed by atoms with E-state index in [1.807, 2.05) is 0 Å². The van der Waals surface area contributed by atoms with Crippen molar-refractivity contribution in [1.82, 2.24) is 4.90 Å². The van der Waals surface area contributed by atoms with Crippen molar-refractivity contribution >= 4 is 29.3 Å². The van der Waals surface area contributed by atoms with E-state index in [9.17, 15) is 29.6 Å². The minimum absolute atomic E-state index is 0.0283. The lowest BCUT2D eigenvalue weighted by molar-refractivity contribution is -0.384. The van der Waals surface area contributed by atoms with Gasteiger partial charge in [0.05, 0.1) is 16.1 Å². The summed E-state index contributed by atoms with van der Waals surface area (Å²) in [7, 11) is 0. The van der Waals surface area contributed by atoms with Gasteiger partial charge in [-0.2, -0.15) is 0 Å². The first-order valence-electron chi connectivity index (χ1n) is 8.10. The van der Waals surface area contributed by atoms with E-state index in [4.69, 9.17) is 0 Å². The highest BCUT2D eigenvalue weighted by molar-refractivity contribution is 6.21. The monoisotopic (exact) mass is 369 g/mol. The molecule has 3 rings (SSSR count). The Morgan fingerprint density at radius 1 is 1.04 bits per heavy atom. The van der Waals surface area contributed by atoms with Crippen LogP contribution in [0.15, 0.2) is 48.5 Å². The van der Waals surface area contributed by atoms with Gasteiger partial charge in [-0.15, -0.1) is 0 Å². The van der Waals surface area contributed by atoms with Gasteiger partial charge >= 0.3 is 6.09 Å². The summed E-state index contributed by atoms with van der Waals surface area (Å²) in [6, 6.07) is 11.6. The van der Waals surface area contributed by atoms with Gasteiger partial charge in [-0.1, -0.05) is 12.1 Å². The van der Waals surface area contributed by atoms with Crippen LogP contribution in [0.4, 0.5) is 16.2 Å². The average Bonchev–Trinajstić information content (AvgIpc) is 2.90. The number of carbonyl (C=O) groups is 3. The number of amides is 3. The Bertz CT molecular complexity index is 890. The molecule has 0 saturated heterocycles. The van der Waals surface area contributed by atoms with Gasteiger partial charge in [0.15, 0.2) is 0 Å². The molecule has 3 amide bonds. The molecule has 9 heteroatoms. The van der Waals surface area contributed by atoms with Gasteiger partial charge in [0, 0.05) is 30.9 Å². The Labute approximate surface area is 153 Å². The second kappa shape index (κ2) is 7.24. The Kier molecular flexibility index (Phi) is 4.84. The Morgan fingerprint density at radius 2 is 1.59 bits per heavy atom. The van der Waals surface area contributed by atoms with Crippen LogP contribution in [-0.4, -0.2) is 45.9 Å². The molecule has 0 aromatic heterocycles. The Hall–Kier alpha value is -3.75. The predicted molar refractivity (Wildman–Crippen MR) is 94.9 cm³/mol. The topological polar surface area (TPSA) is 121 Å². The first kappa shape index (κ1) is 18.1. The van der Waals surface area contributed by atoms with Gasteiger partial charge in [-0.25, -0.2) is 4.79 Å². The first-order valence-corrected chi connectivity index (χ1v) is 8.10. The molecule has 1 aliphatic rings. The first-order chi connectivity index (χ1) is 12.9. The fraction of sp³-hybridized carbons (Fsp3) is 0.167. The molecule has 0 unspecified atom stereocenters. The summed E-state index contributed by atoms with van der Waals surface area (Å²) in [6.45, 7) is 0.101. The quantitative estimate of drug-likeness (QED) is 0.475. The highest BCUT2D eigenvalue weighted by Gasteiger charge is 2.34. The second-order valence-corrected chi connectivity index (χ2v) is 5.87. The van der Waals surface area contributed by atoms with E-state index in [1.165, 1.54) is 24.3 Å². The van der Waals surface area contributed by atoms with Crippen molar-refractivity contribution in [1.29, 1.82) is 0 Å². The molecule has 0 fully saturated rings. The van der Waals surface area contributed by atoms with E-state index >= 15 is 0 Å². The van der Waals surface area contributed by atoms with Gasteiger partial charge in [-0.05, 0) is 30.7 Å². The number of nitro benzene ring substituents is 1. The second-order valence-electron chi connectivity index (χ2n) is 5.87. The number of imide groups is 1. The molecular weight excluding hydrogens is 354 g/mol. The van der Waals surface area contributed by atoms with Crippen LogP contribution in [0.5, 0.6) is 0 Å². The molecule has 2 aromatic rings. The summed E-state index contributed by atoms with van der Waals surface area (Å²) in [4.78, 5) is 48.3. The fourth-order valence-corrected chi connectivity index (χ4v) is 2.92. The minimum Gasteiger partial charge on any atom is -0.465 e. The lowest BCUT2D eigenvalue weighted by Gasteiger charge is -2.21. The number of nitro groups is 1. The summed E-state index contributed by atoms with van der Waals surface area (Å²) in [6.07, 6.45) is -0.999. The van der Waals surface area contributed by atoms with Crippen molar-refractivity contribution in [2.24, 2.45) is 0 Å². The number of hydrogen-bond acceptors (Lipinski definition) is 5. The molecule has 1 aliphatic heterocycles. The number of hydrogen-bond donors (Lipinski definition) is 1. The van der Waals surface area contributed by atoms with Gasteiger partial charge in [0.25, 0.3) is 17.5 Å². The molecule has 1 heterocycles. The van der Waals surface area contributed by atoms with E-state index in [1.54, 1.807) is 24.3 Å². The molecule has 2 aromatic carbocycles. The highest BCUT2D eigenvalue weighted by atomic mass is 16.6. The fourth-order valence-electron chi connectivity index (χ4n) is 2.92. The number of rotatable bonds is 6. The van der Waals surface area contributed by atoms with Gasteiger partial charge < -0.3 is 5.11 Å². The third kappa shape index (κ3) is 3.47. The van der Waals surface area contributed by atoms with E-state index < -0.39 is 22.8 Å². The smallest absolute Gasteiger partial charge is 0.411 e. The molecule has 0 aliphatic carbocycles. The van der Waals surface area contributed by atoms with Crippen LogP contribution in [0, 0.1) is 10.1 Å². The summed E-state index contributed by atoms with van der Waals surface area (Å²) in [5.41, 5.74) is 0.812. The van der Waals surface area contributed by atoms with E-state index in [0.29, 0.717) is 11.1 Å². The third-order valence-electron chi connectivity index (χ3n) is 4.24. The molecule has 0 atom stereocenters. The van der Waals surface area contributed by atoms with E-state index in [-0.39, 0.29) is 30.9 Å². The molecule has 0 bridgehead atoms. The SMILES string of the molecule is O=C1c2ccccc2C(=O)N1CCCN(C(=O)O)c1ccc([N+](=O)[O-])cc1. The summed E-state index contributed by atoms with van der Waals surface area (Å²) in [5, 5.41) is 20.1. The Balaban J connectivity index is 1.66. The number of benzene rings is 2. The normalized spacial score (nSPS) is 12.8. The van der Waals surface area contributed by atoms with Crippen LogP contribution < -0.4 is 4.90 Å². The molecule has 0 saturated carbocycles. The largest absolute Gasteiger partial charge is 0.465 e. The van der Waals surface area contributed by atoms with Crippen molar-refractivity contribution in [3.63, 3.8) is 0 Å². The summed E-state index contributed by atoms with van der Waals surface area (Å²) < 4.78 is 0. The third-order valence-corrected chi connectivity index (χ3v) is 4.24. The van der Waals surface area contributed by atoms with Crippen LogP contribution in [0.3, 0.4) is 0 Å². The summed E-state index contributed by atoms with van der Waals surface area (Å²) >= 11 is 0. The lowest BCUT2D eigenvalue weighted by atomic mass is 10.1. The average molecular weight is 369 g/mol. The molecule has 0 spiro atoms. The lowest BCUT2D eigenvalue weighted by Crippen LogP contribution is -2.35. The molecule has 1 N–H and O–H groups in total. The maximum atomic E-state index is 12.3. The van der Waals surface area contributed by atoms with Crippen LogP contribution in [0.2, 0.25) is 0 Å². The van der Waals surface area contributed by atoms with Crippen molar-refractivity contribution in [3.05, 3.63) is 69.8 Å². The van der Waals surface area contributed by atoms with Crippen molar-refractivity contribution in [2.45, 2.75) is 6.42 Å². The van der Waals surface area contributed by atoms with Gasteiger partial charge in [-0.3, -0.25) is 29.5 Å². The molecule has 9 nitrogen and oxygen atoms in total. The predicted octanol–water partition coefficient (Wildman–Crippen LogP) is 2.77. The van der Waals surface area contributed by atoms with Crippen LogP contribution >= 0.6 is 0 Å². The summed E-state index contributed by atoms with van der Waals surface area (Å²) in [5.74, 6) is -0.791. The number of carboxylic acid groups (broad SMARTS) is 1. The van der Waals surface area contributed by atoms with Crippen LogP contribution in [0.1, 0.15) is 27.1 Å². The number of nitrogens with zero attached hydrogens (tertiary/aromatic N) is 3. The van der Waals surface area contributed by atoms with Crippen LogP contribution in [-0.2, 0) is 0 Å². The molecular formula is C18H15N3O6. The zero-order chi connectivity index (χ0) is 19.6. The number of non-ortho nitro benzene ring substituents is 1. The minimum atomic E-state index is -1.23. The van der Waals surface area contributed by atoms with Crippen LogP contribution in [0.25, 0.3) is 0 Å². The zero-order valence-corrected chi connectivity index (χ0v) is 14.1. The van der Waals surface area contributed by atoms with Crippen molar-refractivity contribution < 1.29 is 24.4 Å². The van der Waals surface area contributed by atoms with Crippen molar-refractivity contribution in [2.75, 3.05) is 18.0 Å². The standard InChI is InChI=1S/C18H15N3O6/c22-16-14-4-1-2-5-15(14)17(23)20(16)11-3-10-19(18(24)25)12-6-8-13(9-7-12)21(26)27/h1-2,4-9H,3,10-11H2,(H,24,25). The molecule has 0 radical (unpaired) electrons. The molecule has 138 valence electrons. The number of fused-ring (bicyclic) bond motifs is 1. The van der Waals surface area contributed by atoms with Gasteiger partial charge in [0.1, 0.15) is 0 Å². The van der Waals surface area contributed by atoms with Gasteiger partial charge in [0.2, 0.25) is 0 Å². The van der Waals surface area contributed by atoms with Crippen molar-refractivity contribution in [3.8, 4) is 0 Å². The maximum Gasteiger partial charge on any atom is 0.411 e. The van der Waals surface area contributed by atoms with E-state index in [2.05, 4.69) is 0 Å². The highest BCUT2D eigenvalue weighted by Crippen LogP contribution is 2.23. The number of anilines is 1. The maximum absolute atomic E-state index is 12.3.